The molecule has 0 amide bonds. The number of unbranched alkanes of at least 4 members (excludes halogenated alkanes) is 3. The topological polar surface area (TPSA) is 60.2 Å². The number of nitrogens with zero attached hydrogens (tertiary/aromatic N) is 2. The first-order chi connectivity index (χ1) is 10.2. The van der Waals surface area contributed by atoms with Crippen LogP contribution in [0, 0.1) is 17.1 Å². The Bertz CT molecular complexity index is 511. The third-order valence-corrected chi connectivity index (χ3v) is 3.17. The van der Waals surface area contributed by atoms with Crippen LogP contribution in [0.5, 0.6) is 0 Å². The van der Waals surface area contributed by atoms with Crippen molar-refractivity contribution in [2.45, 2.75) is 39.2 Å². The number of hydrogen-bond donors (Lipinski definition) is 2. The van der Waals surface area contributed by atoms with Gasteiger partial charge < -0.3 is 10.6 Å². The van der Waals surface area contributed by atoms with Crippen LogP contribution >= 0.6 is 24.0 Å². The zero-order valence-electron chi connectivity index (χ0n) is 13.2. The molecule has 2 N–H and O–H groups in total. The lowest BCUT2D eigenvalue weighted by Gasteiger charge is -2.12. The summed E-state index contributed by atoms with van der Waals surface area (Å²) in [5, 5.41) is 15.0. The van der Waals surface area contributed by atoms with Crippen LogP contribution in [-0.4, -0.2) is 19.6 Å². The van der Waals surface area contributed by atoms with E-state index in [1.807, 2.05) is 6.07 Å². The maximum Gasteiger partial charge on any atom is 0.191 e. The first-order valence-electron chi connectivity index (χ1n) is 7.34. The van der Waals surface area contributed by atoms with Crippen LogP contribution in [0.15, 0.2) is 23.2 Å². The lowest BCUT2D eigenvalue weighted by molar-refractivity contribution is 0.603. The molecular weight excluding hydrogens is 394 g/mol. The van der Waals surface area contributed by atoms with Crippen LogP contribution in [0.2, 0.25) is 0 Å². The Kier molecular flexibility index (Phi) is 11.5. The van der Waals surface area contributed by atoms with Crippen molar-refractivity contribution in [2.75, 3.05) is 13.6 Å². The summed E-state index contributed by atoms with van der Waals surface area (Å²) in [6.45, 7) is 3.38. The van der Waals surface area contributed by atoms with Crippen molar-refractivity contribution in [3.8, 4) is 6.07 Å². The Balaban J connectivity index is 0.00000441. The second kappa shape index (κ2) is 12.2. The molecule has 0 bridgehead atoms. The molecule has 0 saturated heterocycles. The van der Waals surface area contributed by atoms with Crippen molar-refractivity contribution >= 4 is 29.9 Å². The highest BCUT2D eigenvalue weighted by Crippen LogP contribution is 2.09. The molecule has 6 heteroatoms. The van der Waals surface area contributed by atoms with Crippen LogP contribution in [0.4, 0.5) is 4.39 Å². The van der Waals surface area contributed by atoms with E-state index in [9.17, 15) is 4.39 Å². The lowest BCUT2D eigenvalue weighted by atomic mass is 10.1. The monoisotopic (exact) mass is 418 g/mol. The molecule has 1 aromatic carbocycles. The van der Waals surface area contributed by atoms with Crippen molar-refractivity contribution in [1.82, 2.24) is 10.6 Å². The predicted molar refractivity (Wildman–Crippen MR) is 98.9 cm³/mol. The summed E-state index contributed by atoms with van der Waals surface area (Å²) in [6, 6.07) is 6.40. The van der Waals surface area contributed by atoms with E-state index in [0.29, 0.717) is 23.6 Å². The average Bonchev–Trinajstić information content (AvgIpc) is 2.51. The molecule has 22 heavy (non-hydrogen) atoms. The fourth-order valence-electron chi connectivity index (χ4n) is 1.92. The van der Waals surface area contributed by atoms with Gasteiger partial charge in [0.1, 0.15) is 5.82 Å². The summed E-state index contributed by atoms with van der Waals surface area (Å²) in [6.07, 6.45) is 4.75. The normalized spacial score (nSPS) is 10.5. The molecule has 0 heterocycles. The first-order valence-corrected chi connectivity index (χ1v) is 7.34. The van der Waals surface area contributed by atoms with Gasteiger partial charge in [0, 0.05) is 25.7 Å². The minimum absolute atomic E-state index is 0. The summed E-state index contributed by atoms with van der Waals surface area (Å²) in [7, 11) is 1.69. The maximum absolute atomic E-state index is 13.7. The van der Waals surface area contributed by atoms with Crippen LogP contribution in [0.3, 0.4) is 0 Å². The van der Waals surface area contributed by atoms with Crippen molar-refractivity contribution < 1.29 is 4.39 Å². The molecule has 0 aromatic heterocycles. The molecule has 0 aliphatic heterocycles. The summed E-state index contributed by atoms with van der Waals surface area (Å²) in [5.41, 5.74) is 0.845. The SMILES string of the molecule is CCCCCCNC(=NC)NCc1ccc(C#N)cc1F.I. The highest BCUT2D eigenvalue weighted by molar-refractivity contribution is 14.0. The second-order valence-corrected chi connectivity index (χ2v) is 4.83. The minimum Gasteiger partial charge on any atom is -0.356 e. The predicted octanol–water partition coefficient (Wildman–Crippen LogP) is 3.56. The minimum atomic E-state index is -0.375. The number of hydrogen-bond acceptors (Lipinski definition) is 2. The van der Waals surface area contributed by atoms with Crippen molar-refractivity contribution in [3.63, 3.8) is 0 Å². The summed E-state index contributed by atoms with van der Waals surface area (Å²) >= 11 is 0. The highest BCUT2D eigenvalue weighted by atomic mass is 127. The van der Waals surface area contributed by atoms with Gasteiger partial charge in [-0.25, -0.2) is 4.39 Å². The number of nitriles is 1. The molecule has 4 nitrogen and oxygen atoms in total. The molecule has 0 aliphatic rings. The third kappa shape index (κ3) is 7.59. The number of benzene rings is 1. The van der Waals surface area contributed by atoms with Gasteiger partial charge in [0.05, 0.1) is 11.6 Å². The Morgan fingerprint density at radius 2 is 2.05 bits per heavy atom. The smallest absolute Gasteiger partial charge is 0.191 e. The van der Waals surface area contributed by atoms with Gasteiger partial charge in [-0.15, -0.1) is 24.0 Å². The third-order valence-electron chi connectivity index (χ3n) is 3.17. The van der Waals surface area contributed by atoms with Gasteiger partial charge in [-0.3, -0.25) is 4.99 Å². The number of aliphatic imine (C=N–C) groups is 1. The van der Waals surface area contributed by atoms with E-state index in [0.717, 1.165) is 13.0 Å². The molecule has 0 spiro atoms. The molecule has 0 radical (unpaired) electrons. The van der Waals surface area contributed by atoms with Gasteiger partial charge >= 0.3 is 0 Å². The maximum atomic E-state index is 13.7. The zero-order chi connectivity index (χ0) is 15.5. The number of nitrogens with one attached hydrogen (secondary N) is 2. The van der Waals surface area contributed by atoms with E-state index in [1.54, 1.807) is 19.2 Å². The van der Waals surface area contributed by atoms with E-state index < -0.39 is 0 Å². The fourth-order valence-corrected chi connectivity index (χ4v) is 1.92. The van der Waals surface area contributed by atoms with E-state index >= 15 is 0 Å². The van der Waals surface area contributed by atoms with Gasteiger partial charge in [-0.2, -0.15) is 5.26 Å². The van der Waals surface area contributed by atoms with Gasteiger partial charge in [-0.05, 0) is 18.6 Å². The van der Waals surface area contributed by atoms with E-state index in [2.05, 4.69) is 22.5 Å². The first kappa shape index (κ1) is 20.6. The largest absolute Gasteiger partial charge is 0.356 e. The van der Waals surface area contributed by atoms with Crippen LogP contribution in [-0.2, 0) is 6.54 Å². The fraction of sp³-hybridized carbons (Fsp3) is 0.500. The number of rotatable bonds is 7. The van der Waals surface area contributed by atoms with Crippen LogP contribution in [0.1, 0.15) is 43.7 Å². The van der Waals surface area contributed by atoms with E-state index in [4.69, 9.17) is 5.26 Å². The highest BCUT2D eigenvalue weighted by Gasteiger charge is 2.04. The number of halogens is 2. The Morgan fingerprint density at radius 3 is 2.64 bits per heavy atom. The molecule has 1 aromatic rings. The van der Waals surface area contributed by atoms with Crippen molar-refractivity contribution in [1.29, 1.82) is 5.26 Å². The molecule has 1 rings (SSSR count). The van der Waals surface area contributed by atoms with Crippen molar-refractivity contribution in [2.24, 2.45) is 4.99 Å². The Hall–Kier alpha value is -1.36. The standard InChI is InChI=1S/C16H23FN4.HI/c1-3-4-5-6-9-20-16(19-2)21-12-14-8-7-13(11-18)10-15(14)17;/h7-8,10H,3-6,9,12H2,1-2H3,(H2,19,20,21);1H. The summed E-state index contributed by atoms with van der Waals surface area (Å²) in [5.74, 6) is 0.287. The molecule has 0 fully saturated rings. The summed E-state index contributed by atoms with van der Waals surface area (Å²) in [4.78, 5) is 4.10. The van der Waals surface area contributed by atoms with Gasteiger partial charge in [0.2, 0.25) is 0 Å². The molecule has 0 aliphatic carbocycles. The average molecular weight is 418 g/mol. The Morgan fingerprint density at radius 1 is 1.27 bits per heavy atom. The van der Waals surface area contributed by atoms with Crippen LogP contribution < -0.4 is 10.6 Å². The zero-order valence-corrected chi connectivity index (χ0v) is 15.5. The Labute approximate surface area is 149 Å². The molecule has 0 atom stereocenters. The second-order valence-electron chi connectivity index (χ2n) is 4.83. The van der Waals surface area contributed by atoms with Crippen LogP contribution in [0.25, 0.3) is 0 Å². The molecule has 122 valence electrons. The molecule has 0 saturated carbocycles. The van der Waals surface area contributed by atoms with Gasteiger partial charge in [0.15, 0.2) is 5.96 Å². The molecule has 0 unspecified atom stereocenters. The summed E-state index contributed by atoms with van der Waals surface area (Å²) < 4.78 is 13.7. The number of guanidine groups is 1. The van der Waals surface area contributed by atoms with Gasteiger partial charge in [-0.1, -0.05) is 32.3 Å². The molecular formula is C16H24FIN4. The van der Waals surface area contributed by atoms with Gasteiger partial charge in [0.25, 0.3) is 0 Å². The van der Waals surface area contributed by atoms with Crippen molar-refractivity contribution in [3.05, 3.63) is 35.1 Å². The van der Waals surface area contributed by atoms with E-state index in [-0.39, 0.29) is 29.8 Å². The lowest BCUT2D eigenvalue weighted by Crippen LogP contribution is -2.37. The quantitative estimate of drug-likeness (QED) is 0.308. The van der Waals surface area contributed by atoms with E-state index in [1.165, 1.54) is 25.3 Å².